The van der Waals surface area contributed by atoms with Gasteiger partial charge in [0.1, 0.15) is 5.75 Å². The van der Waals surface area contributed by atoms with Crippen LogP contribution in [0.4, 0.5) is 5.69 Å². The van der Waals surface area contributed by atoms with Gasteiger partial charge in [0.05, 0.1) is 32.8 Å². The van der Waals surface area contributed by atoms with Crippen LogP contribution in [0, 0.1) is 0 Å². The van der Waals surface area contributed by atoms with Gasteiger partial charge in [-0.05, 0) is 46.8 Å². The van der Waals surface area contributed by atoms with Gasteiger partial charge in [0.25, 0.3) is 0 Å². The third-order valence-electron chi connectivity index (χ3n) is 3.76. The van der Waals surface area contributed by atoms with Crippen molar-refractivity contribution in [1.82, 2.24) is 20.2 Å². The lowest BCUT2D eigenvalue weighted by Gasteiger charge is -2.10. The summed E-state index contributed by atoms with van der Waals surface area (Å²) in [5.41, 5.74) is 1.38. The number of thioether (sulfide) groups is 1. The molecule has 1 amide bonds. The van der Waals surface area contributed by atoms with Crippen LogP contribution in [-0.2, 0) is 4.79 Å². The van der Waals surface area contributed by atoms with Gasteiger partial charge in [-0.3, -0.25) is 4.79 Å². The number of methoxy groups -OCH3 is 3. The van der Waals surface area contributed by atoms with Crippen molar-refractivity contribution < 1.29 is 19.0 Å². The number of carbonyl (C=O) groups excluding carboxylic acids is 1. The molecule has 0 saturated carbocycles. The maximum atomic E-state index is 12.2. The van der Waals surface area contributed by atoms with Crippen LogP contribution < -0.4 is 19.5 Å². The summed E-state index contributed by atoms with van der Waals surface area (Å²) in [5, 5.41) is 15.0. The van der Waals surface area contributed by atoms with Crippen molar-refractivity contribution in [3.63, 3.8) is 0 Å². The Labute approximate surface area is 166 Å². The SMILES string of the molecule is COc1ccc(NC(=O)CSc2nnnn2-c2ccc(OC)c(OC)c2)cc1. The number of hydrogen-bond acceptors (Lipinski definition) is 8. The number of carbonyl (C=O) groups is 1. The summed E-state index contributed by atoms with van der Waals surface area (Å²) in [6, 6.07) is 12.4. The van der Waals surface area contributed by atoms with Crippen molar-refractivity contribution in [2.75, 3.05) is 32.4 Å². The molecule has 0 bridgehead atoms. The monoisotopic (exact) mass is 401 g/mol. The van der Waals surface area contributed by atoms with E-state index in [1.807, 2.05) is 0 Å². The summed E-state index contributed by atoms with van der Waals surface area (Å²) in [6.45, 7) is 0. The highest BCUT2D eigenvalue weighted by Gasteiger charge is 2.14. The smallest absolute Gasteiger partial charge is 0.234 e. The van der Waals surface area contributed by atoms with Gasteiger partial charge in [0, 0.05) is 11.8 Å². The number of anilines is 1. The van der Waals surface area contributed by atoms with Gasteiger partial charge >= 0.3 is 0 Å². The zero-order valence-electron chi connectivity index (χ0n) is 15.6. The number of rotatable bonds is 8. The summed E-state index contributed by atoms with van der Waals surface area (Å²) in [6.07, 6.45) is 0. The first-order valence-corrected chi connectivity index (χ1v) is 9.20. The first kappa shape index (κ1) is 19.5. The van der Waals surface area contributed by atoms with Gasteiger partial charge < -0.3 is 19.5 Å². The Morgan fingerprint density at radius 2 is 1.79 bits per heavy atom. The van der Waals surface area contributed by atoms with Crippen LogP contribution in [0.5, 0.6) is 17.2 Å². The average Bonchev–Trinajstić information content (AvgIpc) is 3.21. The summed E-state index contributed by atoms with van der Waals surface area (Å²) >= 11 is 1.23. The molecule has 3 rings (SSSR count). The first-order chi connectivity index (χ1) is 13.6. The van der Waals surface area contributed by atoms with Crippen LogP contribution in [-0.4, -0.2) is 53.2 Å². The molecule has 0 spiro atoms. The Bertz CT molecular complexity index is 945. The van der Waals surface area contributed by atoms with Gasteiger partial charge in [0.15, 0.2) is 11.5 Å². The third kappa shape index (κ3) is 4.52. The number of ether oxygens (including phenoxy) is 3. The maximum Gasteiger partial charge on any atom is 0.234 e. The van der Waals surface area contributed by atoms with Crippen molar-refractivity contribution in [2.24, 2.45) is 0 Å². The number of benzene rings is 2. The second-order valence-corrected chi connectivity index (χ2v) is 6.42. The van der Waals surface area contributed by atoms with E-state index in [1.54, 1.807) is 63.8 Å². The summed E-state index contributed by atoms with van der Waals surface area (Å²) in [5.74, 6) is 1.87. The first-order valence-electron chi connectivity index (χ1n) is 8.22. The standard InChI is InChI=1S/C18H19N5O4S/c1-25-14-7-4-12(5-8-14)19-17(24)11-28-18-20-21-22-23(18)13-6-9-15(26-2)16(10-13)27-3/h4-10H,11H2,1-3H3,(H,19,24). The van der Waals surface area contributed by atoms with E-state index in [0.29, 0.717) is 28.0 Å². The number of aromatic nitrogens is 4. The van der Waals surface area contributed by atoms with Crippen molar-refractivity contribution in [1.29, 1.82) is 0 Å². The largest absolute Gasteiger partial charge is 0.497 e. The second-order valence-electron chi connectivity index (χ2n) is 5.48. The van der Waals surface area contributed by atoms with E-state index in [2.05, 4.69) is 20.8 Å². The van der Waals surface area contributed by atoms with E-state index in [0.717, 1.165) is 5.75 Å². The van der Waals surface area contributed by atoms with E-state index in [4.69, 9.17) is 14.2 Å². The fraction of sp³-hybridized carbons (Fsp3) is 0.222. The lowest BCUT2D eigenvalue weighted by molar-refractivity contribution is -0.113. The quantitative estimate of drug-likeness (QED) is 0.575. The molecule has 9 nitrogen and oxygen atoms in total. The zero-order valence-corrected chi connectivity index (χ0v) is 16.4. The molecule has 1 aromatic heterocycles. The van der Waals surface area contributed by atoms with E-state index in [-0.39, 0.29) is 11.7 Å². The number of nitrogens with zero attached hydrogens (tertiary/aromatic N) is 4. The molecular formula is C18H19N5O4S. The summed E-state index contributed by atoms with van der Waals surface area (Å²) in [4.78, 5) is 12.2. The minimum absolute atomic E-state index is 0.152. The van der Waals surface area contributed by atoms with E-state index < -0.39 is 0 Å². The topological polar surface area (TPSA) is 100 Å². The van der Waals surface area contributed by atoms with Crippen molar-refractivity contribution in [3.8, 4) is 22.9 Å². The Balaban J connectivity index is 1.66. The molecule has 0 aliphatic carbocycles. The number of amides is 1. The predicted molar refractivity (Wildman–Crippen MR) is 105 cm³/mol. The molecule has 0 saturated heterocycles. The molecular weight excluding hydrogens is 382 g/mol. The van der Waals surface area contributed by atoms with Gasteiger partial charge in [-0.25, -0.2) is 0 Å². The molecule has 0 aliphatic rings. The molecule has 0 atom stereocenters. The molecule has 10 heteroatoms. The molecule has 0 unspecified atom stereocenters. The summed E-state index contributed by atoms with van der Waals surface area (Å²) in [7, 11) is 4.71. The Morgan fingerprint density at radius 3 is 2.46 bits per heavy atom. The lowest BCUT2D eigenvalue weighted by atomic mass is 10.3. The lowest BCUT2D eigenvalue weighted by Crippen LogP contribution is -2.14. The molecule has 3 aromatic rings. The molecule has 0 fully saturated rings. The van der Waals surface area contributed by atoms with Crippen LogP contribution in [0.1, 0.15) is 0 Å². The summed E-state index contributed by atoms with van der Waals surface area (Å²) < 4.78 is 17.2. The van der Waals surface area contributed by atoms with E-state index >= 15 is 0 Å². The van der Waals surface area contributed by atoms with E-state index in [1.165, 1.54) is 16.4 Å². The molecule has 146 valence electrons. The van der Waals surface area contributed by atoms with E-state index in [9.17, 15) is 4.79 Å². The molecule has 1 N–H and O–H groups in total. The normalized spacial score (nSPS) is 10.4. The zero-order chi connectivity index (χ0) is 19.9. The predicted octanol–water partition coefficient (Wildman–Crippen LogP) is 2.42. The van der Waals surface area contributed by atoms with Crippen LogP contribution >= 0.6 is 11.8 Å². The Morgan fingerprint density at radius 1 is 1.04 bits per heavy atom. The molecule has 1 heterocycles. The fourth-order valence-electron chi connectivity index (χ4n) is 2.39. The Hall–Kier alpha value is -3.27. The van der Waals surface area contributed by atoms with Crippen LogP contribution in [0.3, 0.4) is 0 Å². The molecule has 0 aliphatic heterocycles. The van der Waals surface area contributed by atoms with Crippen molar-refractivity contribution in [2.45, 2.75) is 5.16 Å². The maximum absolute atomic E-state index is 12.2. The highest BCUT2D eigenvalue weighted by Crippen LogP contribution is 2.30. The minimum atomic E-state index is -0.169. The molecule has 0 radical (unpaired) electrons. The number of nitrogens with one attached hydrogen (secondary N) is 1. The van der Waals surface area contributed by atoms with Crippen LogP contribution in [0.25, 0.3) is 5.69 Å². The molecule has 28 heavy (non-hydrogen) atoms. The van der Waals surface area contributed by atoms with Gasteiger partial charge in [0.2, 0.25) is 11.1 Å². The number of tetrazole rings is 1. The van der Waals surface area contributed by atoms with Gasteiger partial charge in [-0.15, -0.1) is 5.10 Å². The fourth-order valence-corrected chi connectivity index (χ4v) is 3.08. The Kier molecular flexibility index (Phi) is 6.33. The van der Waals surface area contributed by atoms with Crippen molar-refractivity contribution in [3.05, 3.63) is 42.5 Å². The average molecular weight is 401 g/mol. The van der Waals surface area contributed by atoms with Gasteiger partial charge in [-0.2, -0.15) is 4.68 Å². The second kappa shape index (κ2) is 9.09. The van der Waals surface area contributed by atoms with Gasteiger partial charge in [-0.1, -0.05) is 11.8 Å². The molecule has 2 aromatic carbocycles. The number of hydrogen-bond donors (Lipinski definition) is 1. The minimum Gasteiger partial charge on any atom is -0.497 e. The third-order valence-corrected chi connectivity index (χ3v) is 4.68. The van der Waals surface area contributed by atoms with Crippen LogP contribution in [0.15, 0.2) is 47.6 Å². The van der Waals surface area contributed by atoms with Crippen LogP contribution in [0.2, 0.25) is 0 Å². The highest BCUT2D eigenvalue weighted by molar-refractivity contribution is 7.99. The van der Waals surface area contributed by atoms with Crippen molar-refractivity contribution >= 4 is 23.4 Å². The highest BCUT2D eigenvalue weighted by atomic mass is 32.2.